The summed E-state index contributed by atoms with van der Waals surface area (Å²) in [6.07, 6.45) is 5.06. The summed E-state index contributed by atoms with van der Waals surface area (Å²) in [5, 5.41) is 3.50. The minimum absolute atomic E-state index is 0.283. The molecule has 0 radical (unpaired) electrons. The Kier molecular flexibility index (Phi) is 10.1. The van der Waals surface area contributed by atoms with Gasteiger partial charge in [0.05, 0.1) is 0 Å². The van der Waals surface area contributed by atoms with Crippen LogP contribution < -0.4 is 5.32 Å². The van der Waals surface area contributed by atoms with E-state index < -0.39 is 0 Å². The second kappa shape index (κ2) is 10.4. The van der Waals surface area contributed by atoms with Gasteiger partial charge in [-0.25, -0.2) is 0 Å². The van der Waals surface area contributed by atoms with Crippen molar-refractivity contribution in [2.45, 2.75) is 87.1 Å². The van der Waals surface area contributed by atoms with Crippen LogP contribution in [-0.4, -0.2) is 13.1 Å². The zero-order chi connectivity index (χ0) is 18.2. The Labute approximate surface area is 147 Å². The molecule has 0 amide bonds. The second-order valence-electron chi connectivity index (χ2n) is 8.57. The van der Waals surface area contributed by atoms with E-state index in [2.05, 4.69) is 80.1 Å². The monoisotopic (exact) mass is 321 g/mol. The minimum Gasteiger partial charge on any atom is -0.317 e. The lowest BCUT2D eigenvalue weighted by Gasteiger charge is -2.43. The summed E-state index contributed by atoms with van der Waals surface area (Å²) in [6, 6.07) is 0.516. The van der Waals surface area contributed by atoms with Crippen LogP contribution in [0.1, 0.15) is 81.1 Å². The van der Waals surface area contributed by atoms with Crippen LogP contribution >= 0.6 is 0 Å². The van der Waals surface area contributed by atoms with Gasteiger partial charge in [0.25, 0.3) is 0 Å². The van der Waals surface area contributed by atoms with Crippen molar-refractivity contribution < 1.29 is 0 Å². The molecule has 4 unspecified atom stereocenters. The number of rotatable bonds is 11. The maximum atomic E-state index is 3.90. The van der Waals surface area contributed by atoms with E-state index in [4.69, 9.17) is 0 Å². The highest BCUT2D eigenvalue weighted by Crippen LogP contribution is 2.42. The second-order valence-corrected chi connectivity index (χ2v) is 8.57. The van der Waals surface area contributed by atoms with Crippen LogP contribution in [0.5, 0.6) is 0 Å². The van der Waals surface area contributed by atoms with Gasteiger partial charge in [-0.15, -0.1) is 5.73 Å². The molecule has 0 heterocycles. The van der Waals surface area contributed by atoms with Crippen molar-refractivity contribution >= 4 is 0 Å². The van der Waals surface area contributed by atoms with Gasteiger partial charge >= 0.3 is 0 Å². The highest BCUT2D eigenvalue weighted by Gasteiger charge is 2.36. The maximum Gasteiger partial charge on any atom is 0.00895 e. The standard InChI is InChI=1S/C22H43N/c1-11-13-20(17(5)12-2)15-21(14-18(6)16(3)4)22(8,9)19(7)23-10/h16,18-21,23H,2,11,13-15H2,1,3-10H3. The van der Waals surface area contributed by atoms with Gasteiger partial charge in [0.1, 0.15) is 0 Å². The SMILES string of the molecule is C=C=C(C)C(CCC)CC(CC(C)C(C)C)C(C)(C)C(C)NC. The summed E-state index contributed by atoms with van der Waals surface area (Å²) >= 11 is 0. The molecule has 0 aliphatic carbocycles. The molecule has 0 fully saturated rings. The third-order valence-corrected chi connectivity index (χ3v) is 6.49. The fraction of sp³-hybridized carbons (Fsp3) is 0.864. The van der Waals surface area contributed by atoms with Gasteiger partial charge in [0.15, 0.2) is 0 Å². The summed E-state index contributed by atoms with van der Waals surface area (Å²) in [4.78, 5) is 0. The Morgan fingerprint density at radius 2 is 1.70 bits per heavy atom. The van der Waals surface area contributed by atoms with Gasteiger partial charge in [0.2, 0.25) is 0 Å². The quantitative estimate of drug-likeness (QED) is 0.431. The van der Waals surface area contributed by atoms with Crippen LogP contribution in [0.2, 0.25) is 0 Å². The average molecular weight is 322 g/mol. The van der Waals surface area contributed by atoms with Gasteiger partial charge in [-0.3, -0.25) is 0 Å². The van der Waals surface area contributed by atoms with Crippen LogP contribution in [0.15, 0.2) is 17.9 Å². The molecule has 0 aromatic carbocycles. The van der Waals surface area contributed by atoms with Crippen molar-refractivity contribution in [2.75, 3.05) is 7.05 Å². The van der Waals surface area contributed by atoms with Gasteiger partial charge in [-0.05, 0) is 74.8 Å². The van der Waals surface area contributed by atoms with E-state index in [0.29, 0.717) is 17.9 Å². The number of allylic oxidation sites excluding steroid dienone is 1. The normalized spacial score (nSPS) is 17.5. The Bertz CT molecular complexity index is 373. The fourth-order valence-corrected chi connectivity index (χ4v) is 3.50. The lowest BCUT2D eigenvalue weighted by atomic mass is 9.65. The lowest BCUT2D eigenvalue weighted by molar-refractivity contribution is 0.101. The van der Waals surface area contributed by atoms with E-state index in [1.165, 1.54) is 31.3 Å². The van der Waals surface area contributed by atoms with Crippen LogP contribution in [0.4, 0.5) is 0 Å². The zero-order valence-electron chi connectivity index (χ0n) is 17.4. The zero-order valence-corrected chi connectivity index (χ0v) is 17.4. The summed E-state index contributed by atoms with van der Waals surface area (Å²) in [6.45, 7) is 22.8. The Morgan fingerprint density at radius 1 is 1.13 bits per heavy atom. The van der Waals surface area contributed by atoms with Crippen LogP contribution in [0, 0.1) is 29.1 Å². The van der Waals surface area contributed by atoms with Crippen molar-refractivity contribution in [1.29, 1.82) is 0 Å². The van der Waals surface area contributed by atoms with Crippen molar-refractivity contribution in [3.63, 3.8) is 0 Å². The molecule has 0 rings (SSSR count). The highest BCUT2D eigenvalue weighted by atomic mass is 14.9. The Hall–Kier alpha value is -0.520. The maximum absolute atomic E-state index is 3.90. The molecule has 0 aliphatic heterocycles. The van der Waals surface area contributed by atoms with Crippen molar-refractivity contribution in [2.24, 2.45) is 29.1 Å². The first kappa shape index (κ1) is 22.5. The Balaban J connectivity index is 5.44. The van der Waals surface area contributed by atoms with Gasteiger partial charge in [-0.2, -0.15) is 0 Å². The first-order chi connectivity index (χ1) is 10.6. The van der Waals surface area contributed by atoms with E-state index in [1.54, 1.807) is 0 Å². The summed E-state index contributed by atoms with van der Waals surface area (Å²) < 4.78 is 0. The lowest BCUT2D eigenvalue weighted by Crippen LogP contribution is -2.44. The molecule has 4 atom stereocenters. The third-order valence-electron chi connectivity index (χ3n) is 6.49. The first-order valence-electron chi connectivity index (χ1n) is 9.65. The molecule has 0 aliphatic rings. The van der Waals surface area contributed by atoms with Crippen molar-refractivity contribution in [3.8, 4) is 0 Å². The molecule has 0 spiro atoms. The molecule has 0 aromatic heterocycles. The van der Waals surface area contributed by atoms with E-state index in [0.717, 1.165) is 11.8 Å². The first-order valence-corrected chi connectivity index (χ1v) is 9.65. The molecule has 136 valence electrons. The molecule has 0 saturated carbocycles. The molecule has 23 heavy (non-hydrogen) atoms. The number of nitrogens with one attached hydrogen (secondary N) is 1. The van der Waals surface area contributed by atoms with E-state index in [1.807, 2.05) is 0 Å². The van der Waals surface area contributed by atoms with Crippen LogP contribution in [0.25, 0.3) is 0 Å². The van der Waals surface area contributed by atoms with Gasteiger partial charge in [-0.1, -0.05) is 54.5 Å². The molecule has 1 heteroatoms. The average Bonchev–Trinajstić information content (AvgIpc) is 2.51. The largest absolute Gasteiger partial charge is 0.317 e. The molecule has 0 bridgehead atoms. The number of hydrogen-bond donors (Lipinski definition) is 1. The van der Waals surface area contributed by atoms with E-state index in [9.17, 15) is 0 Å². The molecule has 0 aromatic rings. The predicted molar refractivity (Wildman–Crippen MR) is 106 cm³/mol. The van der Waals surface area contributed by atoms with Crippen molar-refractivity contribution in [1.82, 2.24) is 5.32 Å². The number of hydrogen-bond acceptors (Lipinski definition) is 1. The van der Waals surface area contributed by atoms with Crippen molar-refractivity contribution in [3.05, 3.63) is 17.9 Å². The third kappa shape index (κ3) is 6.86. The molecule has 0 saturated heterocycles. The topological polar surface area (TPSA) is 12.0 Å². The molecule has 1 N–H and O–H groups in total. The minimum atomic E-state index is 0.283. The Morgan fingerprint density at radius 3 is 2.09 bits per heavy atom. The fourth-order valence-electron chi connectivity index (χ4n) is 3.50. The van der Waals surface area contributed by atoms with E-state index >= 15 is 0 Å². The summed E-state index contributed by atoms with van der Waals surface area (Å²) in [5.41, 5.74) is 4.81. The predicted octanol–water partition coefficient (Wildman–Crippen LogP) is 6.46. The van der Waals surface area contributed by atoms with E-state index in [-0.39, 0.29) is 5.41 Å². The van der Waals surface area contributed by atoms with Gasteiger partial charge < -0.3 is 5.32 Å². The summed E-state index contributed by atoms with van der Waals surface area (Å²) in [5.74, 6) is 2.85. The summed E-state index contributed by atoms with van der Waals surface area (Å²) in [7, 11) is 2.09. The van der Waals surface area contributed by atoms with Crippen LogP contribution in [0.3, 0.4) is 0 Å². The van der Waals surface area contributed by atoms with Crippen LogP contribution in [-0.2, 0) is 0 Å². The molecular weight excluding hydrogens is 278 g/mol. The highest BCUT2D eigenvalue weighted by molar-refractivity contribution is 5.02. The smallest absolute Gasteiger partial charge is 0.00895 e. The molecule has 1 nitrogen and oxygen atoms in total. The molecular formula is C22H43N. The van der Waals surface area contributed by atoms with Gasteiger partial charge in [0, 0.05) is 6.04 Å².